The number of nitrogens with one attached hydrogen (secondary N) is 2. The minimum Gasteiger partial charge on any atom is -0.384 e. The van der Waals surface area contributed by atoms with Crippen LogP contribution in [0.5, 0.6) is 0 Å². The SMILES string of the molecule is COCCC(=O)NC(C)C1CNC1. The van der Waals surface area contributed by atoms with Crippen LogP contribution in [0.3, 0.4) is 0 Å². The number of methoxy groups -OCH3 is 1. The van der Waals surface area contributed by atoms with Crippen molar-refractivity contribution in [3.05, 3.63) is 0 Å². The summed E-state index contributed by atoms with van der Waals surface area (Å²) >= 11 is 0. The second kappa shape index (κ2) is 5.19. The first-order valence-electron chi connectivity index (χ1n) is 4.73. The second-order valence-corrected chi connectivity index (χ2v) is 3.52. The normalized spacial score (nSPS) is 19.2. The Hall–Kier alpha value is -0.610. The van der Waals surface area contributed by atoms with Crippen LogP contribution in [0.1, 0.15) is 13.3 Å². The molecule has 1 atom stereocenters. The number of carbonyl (C=O) groups is 1. The summed E-state index contributed by atoms with van der Waals surface area (Å²) in [5.41, 5.74) is 0. The van der Waals surface area contributed by atoms with E-state index in [0.717, 1.165) is 13.1 Å². The lowest BCUT2D eigenvalue weighted by atomic mass is 9.95. The van der Waals surface area contributed by atoms with E-state index in [9.17, 15) is 4.79 Å². The van der Waals surface area contributed by atoms with Crippen LogP contribution in [0.25, 0.3) is 0 Å². The quantitative estimate of drug-likeness (QED) is 0.622. The van der Waals surface area contributed by atoms with Crippen molar-refractivity contribution >= 4 is 5.91 Å². The average molecular weight is 186 g/mol. The van der Waals surface area contributed by atoms with Crippen LogP contribution in [0.2, 0.25) is 0 Å². The van der Waals surface area contributed by atoms with Gasteiger partial charge in [0.2, 0.25) is 5.91 Å². The third-order valence-corrected chi connectivity index (χ3v) is 2.44. The lowest BCUT2D eigenvalue weighted by molar-refractivity contribution is -0.123. The van der Waals surface area contributed by atoms with E-state index in [1.165, 1.54) is 0 Å². The number of rotatable bonds is 5. The van der Waals surface area contributed by atoms with E-state index in [-0.39, 0.29) is 11.9 Å². The fourth-order valence-corrected chi connectivity index (χ4v) is 1.30. The Morgan fingerprint density at radius 3 is 2.85 bits per heavy atom. The van der Waals surface area contributed by atoms with E-state index in [0.29, 0.717) is 18.9 Å². The smallest absolute Gasteiger partial charge is 0.222 e. The standard InChI is InChI=1S/C9H18N2O2/c1-7(8-5-10-6-8)11-9(12)3-4-13-2/h7-8,10H,3-6H2,1-2H3,(H,11,12). The molecule has 1 saturated heterocycles. The largest absolute Gasteiger partial charge is 0.384 e. The molecule has 0 spiro atoms. The van der Waals surface area contributed by atoms with Crippen LogP contribution in [0.15, 0.2) is 0 Å². The molecule has 76 valence electrons. The van der Waals surface area contributed by atoms with E-state index in [2.05, 4.69) is 17.6 Å². The summed E-state index contributed by atoms with van der Waals surface area (Å²) < 4.78 is 4.82. The first kappa shape index (κ1) is 10.5. The Balaban J connectivity index is 2.11. The fourth-order valence-electron chi connectivity index (χ4n) is 1.30. The van der Waals surface area contributed by atoms with Gasteiger partial charge in [0.15, 0.2) is 0 Å². The molecule has 0 radical (unpaired) electrons. The van der Waals surface area contributed by atoms with Crippen LogP contribution in [0.4, 0.5) is 0 Å². The van der Waals surface area contributed by atoms with Crippen molar-refractivity contribution in [3.8, 4) is 0 Å². The first-order chi connectivity index (χ1) is 6.24. The Kier molecular flexibility index (Phi) is 4.18. The van der Waals surface area contributed by atoms with Crippen molar-refractivity contribution in [2.75, 3.05) is 26.8 Å². The number of ether oxygens (including phenoxy) is 1. The summed E-state index contributed by atoms with van der Waals surface area (Å²) in [6.07, 6.45) is 0.459. The molecule has 1 rings (SSSR count). The monoisotopic (exact) mass is 186 g/mol. The average Bonchev–Trinajstić information content (AvgIpc) is 1.97. The third kappa shape index (κ3) is 3.32. The van der Waals surface area contributed by atoms with Gasteiger partial charge in [-0.05, 0) is 6.92 Å². The van der Waals surface area contributed by atoms with Gasteiger partial charge < -0.3 is 15.4 Å². The molecule has 1 fully saturated rings. The van der Waals surface area contributed by atoms with E-state index in [1.54, 1.807) is 7.11 Å². The molecular weight excluding hydrogens is 168 g/mol. The van der Waals surface area contributed by atoms with Gasteiger partial charge in [0.1, 0.15) is 0 Å². The minimum atomic E-state index is 0.0845. The van der Waals surface area contributed by atoms with Crippen molar-refractivity contribution < 1.29 is 9.53 Å². The van der Waals surface area contributed by atoms with Gasteiger partial charge in [-0.1, -0.05) is 0 Å². The molecule has 1 heterocycles. The van der Waals surface area contributed by atoms with Gasteiger partial charge in [-0.15, -0.1) is 0 Å². The zero-order valence-corrected chi connectivity index (χ0v) is 8.30. The lowest BCUT2D eigenvalue weighted by Crippen LogP contribution is -2.53. The second-order valence-electron chi connectivity index (χ2n) is 3.52. The fraction of sp³-hybridized carbons (Fsp3) is 0.889. The summed E-state index contributed by atoms with van der Waals surface area (Å²) in [6.45, 7) is 4.59. The molecule has 0 aromatic heterocycles. The van der Waals surface area contributed by atoms with E-state index >= 15 is 0 Å². The van der Waals surface area contributed by atoms with Crippen LogP contribution >= 0.6 is 0 Å². The highest BCUT2D eigenvalue weighted by molar-refractivity contribution is 5.76. The van der Waals surface area contributed by atoms with E-state index < -0.39 is 0 Å². The molecule has 4 heteroatoms. The molecule has 0 bridgehead atoms. The van der Waals surface area contributed by atoms with Gasteiger partial charge >= 0.3 is 0 Å². The van der Waals surface area contributed by atoms with Crippen molar-refractivity contribution in [3.63, 3.8) is 0 Å². The molecule has 0 saturated carbocycles. The highest BCUT2D eigenvalue weighted by Crippen LogP contribution is 2.08. The predicted octanol–water partition coefficient (Wildman–Crippen LogP) is -0.253. The van der Waals surface area contributed by atoms with Crippen LogP contribution < -0.4 is 10.6 Å². The Morgan fingerprint density at radius 2 is 2.38 bits per heavy atom. The third-order valence-electron chi connectivity index (χ3n) is 2.44. The predicted molar refractivity (Wildman–Crippen MR) is 50.5 cm³/mol. The Labute approximate surface area is 79.0 Å². The molecule has 13 heavy (non-hydrogen) atoms. The summed E-state index contributed by atoms with van der Waals surface area (Å²) in [6, 6.07) is 0.283. The summed E-state index contributed by atoms with van der Waals surface area (Å²) in [7, 11) is 1.60. The summed E-state index contributed by atoms with van der Waals surface area (Å²) in [5.74, 6) is 0.688. The number of hydrogen-bond acceptors (Lipinski definition) is 3. The molecule has 0 aromatic rings. The molecule has 2 N–H and O–H groups in total. The number of carbonyl (C=O) groups excluding carboxylic acids is 1. The van der Waals surface area contributed by atoms with Gasteiger partial charge in [-0.3, -0.25) is 4.79 Å². The zero-order chi connectivity index (χ0) is 9.68. The molecule has 1 aliphatic heterocycles. The molecule has 4 nitrogen and oxygen atoms in total. The highest BCUT2D eigenvalue weighted by atomic mass is 16.5. The van der Waals surface area contributed by atoms with Crippen molar-refractivity contribution in [2.24, 2.45) is 5.92 Å². The zero-order valence-electron chi connectivity index (χ0n) is 8.30. The van der Waals surface area contributed by atoms with Crippen molar-refractivity contribution in [1.82, 2.24) is 10.6 Å². The molecule has 0 aliphatic carbocycles. The summed E-state index contributed by atoms with van der Waals surface area (Å²) in [4.78, 5) is 11.2. The maximum Gasteiger partial charge on any atom is 0.222 e. The molecule has 1 amide bonds. The summed E-state index contributed by atoms with van der Waals surface area (Å²) in [5, 5.41) is 6.14. The van der Waals surface area contributed by atoms with Gasteiger partial charge in [-0.25, -0.2) is 0 Å². The number of amides is 1. The highest BCUT2D eigenvalue weighted by Gasteiger charge is 2.24. The molecular formula is C9H18N2O2. The maximum absolute atomic E-state index is 11.2. The van der Waals surface area contributed by atoms with E-state index in [1.807, 2.05) is 0 Å². The first-order valence-corrected chi connectivity index (χ1v) is 4.73. The van der Waals surface area contributed by atoms with Gasteiger partial charge in [-0.2, -0.15) is 0 Å². The van der Waals surface area contributed by atoms with Crippen LogP contribution in [-0.4, -0.2) is 38.8 Å². The number of hydrogen-bond donors (Lipinski definition) is 2. The molecule has 1 unspecified atom stereocenters. The maximum atomic E-state index is 11.2. The lowest BCUT2D eigenvalue weighted by Gasteiger charge is -2.33. The Morgan fingerprint density at radius 1 is 1.69 bits per heavy atom. The van der Waals surface area contributed by atoms with Gasteiger partial charge in [0.05, 0.1) is 6.61 Å². The Bertz CT molecular complexity index is 169. The van der Waals surface area contributed by atoms with Gasteiger partial charge in [0.25, 0.3) is 0 Å². The topological polar surface area (TPSA) is 50.4 Å². The van der Waals surface area contributed by atoms with Crippen molar-refractivity contribution in [2.45, 2.75) is 19.4 Å². The van der Waals surface area contributed by atoms with Crippen LogP contribution in [-0.2, 0) is 9.53 Å². The van der Waals surface area contributed by atoms with Crippen LogP contribution in [0, 0.1) is 5.92 Å². The molecule has 1 aliphatic rings. The van der Waals surface area contributed by atoms with Crippen molar-refractivity contribution in [1.29, 1.82) is 0 Å². The molecule has 0 aromatic carbocycles. The van der Waals surface area contributed by atoms with Gasteiger partial charge in [0, 0.05) is 38.6 Å². The van der Waals surface area contributed by atoms with E-state index in [4.69, 9.17) is 4.74 Å². The minimum absolute atomic E-state index is 0.0845.